The Kier molecular flexibility index (Phi) is 5.16. The topological polar surface area (TPSA) is 31.0 Å². The van der Waals surface area contributed by atoms with E-state index in [1.165, 1.54) is 42.1 Å². The zero-order chi connectivity index (χ0) is 29.5. The Morgan fingerprint density at radius 3 is 2.13 bits per heavy atom. The van der Waals surface area contributed by atoms with Crippen molar-refractivity contribution in [2.45, 2.75) is 0 Å². The molecule has 7 aromatic carbocycles. The van der Waals surface area contributed by atoms with E-state index in [4.69, 9.17) is 9.40 Å². The molecule has 3 heterocycles. The molecule has 4 heteroatoms. The summed E-state index contributed by atoms with van der Waals surface area (Å²) in [5.74, 6) is 0.637. The van der Waals surface area contributed by atoms with Crippen molar-refractivity contribution in [3.05, 3.63) is 146 Å². The molecule has 0 bridgehead atoms. The lowest BCUT2D eigenvalue weighted by molar-refractivity contribution is 0.621. The van der Waals surface area contributed by atoms with Gasteiger partial charge in [-0.25, -0.2) is 4.98 Å². The minimum atomic E-state index is 0.637. The molecule has 0 aliphatic rings. The molecule has 3 nitrogen and oxygen atoms in total. The maximum atomic E-state index is 6.79. The van der Waals surface area contributed by atoms with Crippen LogP contribution in [0.2, 0.25) is 0 Å². The number of hydrogen-bond acceptors (Lipinski definition) is 3. The van der Waals surface area contributed by atoms with Gasteiger partial charge < -0.3 is 8.98 Å². The van der Waals surface area contributed by atoms with Crippen molar-refractivity contribution < 1.29 is 4.42 Å². The minimum Gasteiger partial charge on any atom is -0.436 e. The summed E-state index contributed by atoms with van der Waals surface area (Å²) in [6, 6.07) is 51.7. The number of rotatable bonds is 3. The van der Waals surface area contributed by atoms with Crippen LogP contribution >= 0.6 is 11.3 Å². The lowest BCUT2D eigenvalue weighted by atomic mass is 10.0. The third kappa shape index (κ3) is 3.60. The first-order chi connectivity index (χ1) is 22.3. The number of thiophene rings is 1. The third-order valence-corrected chi connectivity index (χ3v) is 10.2. The van der Waals surface area contributed by atoms with Gasteiger partial charge in [-0.1, -0.05) is 97.1 Å². The zero-order valence-corrected chi connectivity index (χ0v) is 24.9. The van der Waals surface area contributed by atoms with E-state index in [-0.39, 0.29) is 0 Å². The molecule has 0 spiro atoms. The van der Waals surface area contributed by atoms with Crippen molar-refractivity contribution in [1.29, 1.82) is 0 Å². The minimum absolute atomic E-state index is 0.637. The SMILES string of the molecule is c1ccc(-c2cc3oc(-c4cccc5c4c4cc6ccccc6cc4n5-c4ccccc4)nc3c3c2sc2ccccc23)cc1. The summed E-state index contributed by atoms with van der Waals surface area (Å²) in [7, 11) is 0. The second kappa shape index (κ2) is 9.39. The van der Waals surface area contributed by atoms with E-state index in [2.05, 4.69) is 150 Å². The fourth-order valence-electron chi connectivity index (χ4n) is 7.01. The number of para-hydroxylation sites is 1. The molecule has 3 aromatic heterocycles. The monoisotopic (exact) mass is 592 g/mol. The van der Waals surface area contributed by atoms with Gasteiger partial charge in [-0.2, -0.15) is 0 Å². The third-order valence-electron chi connectivity index (χ3n) is 8.99. The second-order valence-electron chi connectivity index (χ2n) is 11.5. The molecule has 0 amide bonds. The van der Waals surface area contributed by atoms with E-state index in [0.29, 0.717) is 5.89 Å². The first kappa shape index (κ1) is 24.7. The second-order valence-corrected chi connectivity index (χ2v) is 12.6. The maximum Gasteiger partial charge on any atom is 0.228 e. The van der Waals surface area contributed by atoms with Crippen molar-refractivity contribution in [1.82, 2.24) is 9.55 Å². The summed E-state index contributed by atoms with van der Waals surface area (Å²) in [5, 5.41) is 7.12. The van der Waals surface area contributed by atoms with Crippen LogP contribution in [0.15, 0.2) is 150 Å². The zero-order valence-electron chi connectivity index (χ0n) is 24.1. The smallest absolute Gasteiger partial charge is 0.228 e. The molecule has 45 heavy (non-hydrogen) atoms. The molecular weight excluding hydrogens is 569 g/mol. The van der Waals surface area contributed by atoms with Crippen LogP contribution in [0.1, 0.15) is 0 Å². The molecule has 0 unspecified atom stereocenters. The first-order valence-electron chi connectivity index (χ1n) is 15.1. The van der Waals surface area contributed by atoms with Crippen LogP contribution in [0.5, 0.6) is 0 Å². The molecule has 0 N–H and O–H groups in total. The Labute approximate surface area is 262 Å². The predicted molar refractivity (Wildman–Crippen MR) is 190 cm³/mol. The quantitative estimate of drug-likeness (QED) is 0.204. The fourth-order valence-corrected chi connectivity index (χ4v) is 8.25. The molecule has 210 valence electrons. The van der Waals surface area contributed by atoms with Gasteiger partial charge in [0.05, 0.1) is 11.0 Å². The Balaban J connectivity index is 1.32. The van der Waals surface area contributed by atoms with Crippen LogP contribution < -0.4 is 0 Å². The van der Waals surface area contributed by atoms with Gasteiger partial charge in [0, 0.05) is 47.8 Å². The number of nitrogens with zero attached hydrogens (tertiary/aromatic N) is 2. The molecule has 10 rings (SSSR count). The van der Waals surface area contributed by atoms with Gasteiger partial charge in [0.15, 0.2) is 5.58 Å². The van der Waals surface area contributed by atoms with Crippen molar-refractivity contribution in [3.63, 3.8) is 0 Å². The van der Waals surface area contributed by atoms with Crippen molar-refractivity contribution in [2.24, 2.45) is 0 Å². The van der Waals surface area contributed by atoms with E-state index < -0.39 is 0 Å². The number of hydrogen-bond donors (Lipinski definition) is 0. The average Bonchev–Trinajstić information content (AvgIpc) is 3.79. The van der Waals surface area contributed by atoms with Crippen LogP contribution in [0, 0.1) is 0 Å². The largest absolute Gasteiger partial charge is 0.436 e. The van der Waals surface area contributed by atoms with E-state index in [9.17, 15) is 0 Å². The summed E-state index contributed by atoms with van der Waals surface area (Å²) < 4.78 is 11.6. The van der Waals surface area contributed by atoms with E-state index in [1.807, 2.05) is 11.3 Å². The summed E-state index contributed by atoms with van der Waals surface area (Å²) in [5.41, 5.74) is 8.47. The van der Waals surface area contributed by atoms with E-state index in [0.717, 1.165) is 44.2 Å². The molecule has 10 aromatic rings. The van der Waals surface area contributed by atoms with Crippen LogP contribution in [0.25, 0.3) is 92.1 Å². The normalized spacial score (nSPS) is 12.0. The van der Waals surface area contributed by atoms with Gasteiger partial charge in [0.2, 0.25) is 5.89 Å². The number of oxazole rings is 1. The van der Waals surface area contributed by atoms with Crippen molar-refractivity contribution >= 4 is 75.2 Å². The number of fused-ring (bicyclic) bond motifs is 9. The van der Waals surface area contributed by atoms with Gasteiger partial charge in [-0.3, -0.25) is 0 Å². The average molecular weight is 593 g/mol. The highest BCUT2D eigenvalue weighted by Crippen LogP contribution is 2.46. The van der Waals surface area contributed by atoms with Crippen molar-refractivity contribution in [3.8, 4) is 28.3 Å². The van der Waals surface area contributed by atoms with Gasteiger partial charge in [-0.05, 0) is 64.9 Å². The van der Waals surface area contributed by atoms with Crippen LogP contribution in [-0.2, 0) is 0 Å². The molecule has 0 aliphatic carbocycles. The summed E-state index contributed by atoms with van der Waals surface area (Å²) in [6.07, 6.45) is 0. The fraction of sp³-hybridized carbons (Fsp3) is 0. The van der Waals surface area contributed by atoms with Gasteiger partial charge in [0.1, 0.15) is 5.52 Å². The van der Waals surface area contributed by atoms with Crippen LogP contribution in [-0.4, -0.2) is 9.55 Å². The number of benzene rings is 7. The van der Waals surface area contributed by atoms with Crippen LogP contribution in [0.4, 0.5) is 0 Å². The van der Waals surface area contributed by atoms with E-state index >= 15 is 0 Å². The summed E-state index contributed by atoms with van der Waals surface area (Å²) in [6.45, 7) is 0. The number of aromatic nitrogens is 2. The lowest BCUT2D eigenvalue weighted by Crippen LogP contribution is -1.93. The van der Waals surface area contributed by atoms with E-state index in [1.54, 1.807) is 0 Å². The predicted octanol–water partition coefficient (Wildman–Crippen LogP) is 11.8. The standard InChI is InChI=1S/C41H24N2OS/c1-3-12-25(13-4-1)31-24-35-39(38-29-18-9-10-21-36(29)45-40(31)38)42-41(44-35)30-19-11-20-33-37(30)32-22-26-14-7-8-15-27(26)23-34(32)43(33)28-16-5-2-6-17-28/h1-24H. The molecule has 0 aliphatic heterocycles. The summed E-state index contributed by atoms with van der Waals surface area (Å²) in [4.78, 5) is 5.30. The summed E-state index contributed by atoms with van der Waals surface area (Å²) >= 11 is 1.82. The molecule has 0 radical (unpaired) electrons. The molecule has 0 saturated heterocycles. The molecular formula is C41H24N2OS. The molecule has 0 saturated carbocycles. The maximum absolute atomic E-state index is 6.79. The van der Waals surface area contributed by atoms with Gasteiger partial charge in [-0.15, -0.1) is 11.3 Å². The molecule has 0 fully saturated rings. The highest BCUT2D eigenvalue weighted by molar-refractivity contribution is 7.26. The highest BCUT2D eigenvalue weighted by atomic mass is 32.1. The Morgan fingerprint density at radius 2 is 1.29 bits per heavy atom. The van der Waals surface area contributed by atoms with Gasteiger partial charge in [0.25, 0.3) is 0 Å². The lowest BCUT2D eigenvalue weighted by Gasteiger charge is -2.08. The Bertz CT molecular complexity index is 2750. The van der Waals surface area contributed by atoms with Crippen molar-refractivity contribution in [2.75, 3.05) is 0 Å². The first-order valence-corrected chi connectivity index (χ1v) is 16.0. The Hall–Kier alpha value is -5.71. The van der Waals surface area contributed by atoms with Gasteiger partial charge >= 0.3 is 0 Å². The molecule has 0 atom stereocenters. The highest BCUT2D eigenvalue weighted by Gasteiger charge is 2.22. The Morgan fingerprint density at radius 1 is 0.556 bits per heavy atom. The van der Waals surface area contributed by atoms with Crippen LogP contribution in [0.3, 0.4) is 0 Å².